The van der Waals surface area contributed by atoms with Crippen molar-refractivity contribution in [3.8, 4) is 0 Å². The lowest BCUT2D eigenvalue weighted by atomic mass is 9.65. The maximum atomic E-state index is 12.0. The smallest absolute Gasteiger partial charge is 0.237 e. The summed E-state index contributed by atoms with van der Waals surface area (Å²) < 4.78 is 0. The molecule has 2 aromatic carbocycles. The number of nitrogens with zero attached hydrogens (tertiary/aromatic N) is 1. The number of nitrogens with one attached hydrogen (secondary N) is 1. The number of nitrogens with two attached hydrogens (primary N) is 1. The number of carbonyl (C=O) groups is 1. The van der Waals surface area contributed by atoms with E-state index in [9.17, 15) is 4.79 Å². The number of hydrogen-bond donors (Lipinski definition) is 2. The van der Waals surface area contributed by atoms with Gasteiger partial charge in [-0.25, -0.2) is 0 Å². The molecule has 6 rings (SSSR count). The number of hydrogen-bond acceptors (Lipinski definition) is 3. The number of benzene rings is 2. The molecule has 124 valence electrons. The van der Waals surface area contributed by atoms with Crippen molar-refractivity contribution in [2.24, 2.45) is 17.6 Å². The molecule has 3 aliphatic heterocycles. The predicted molar refractivity (Wildman–Crippen MR) is 94.3 cm³/mol. The number of primary amides is 1. The van der Waals surface area contributed by atoms with Crippen LogP contribution in [0.15, 0.2) is 42.5 Å². The maximum absolute atomic E-state index is 12.0. The van der Waals surface area contributed by atoms with Gasteiger partial charge in [-0.05, 0) is 41.0 Å². The third kappa shape index (κ3) is 1.96. The topological polar surface area (TPSA) is 58.4 Å². The van der Waals surface area contributed by atoms with Crippen molar-refractivity contribution in [3.63, 3.8) is 0 Å². The molecule has 3 N–H and O–H groups in total. The molecule has 4 nitrogen and oxygen atoms in total. The van der Waals surface area contributed by atoms with Gasteiger partial charge in [-0.2, -0.15) is 0 Å². The molecule has 4 heteroatoms. The van der Waals surface area contributed by atoms with E-state index >= 15 is 0 Å². The van der Waals surface area contributed by atoms with E-state index in [1.807, 2.05) is 0 Å². The molecule has 2 aromatic rings. The SMILES string of the molecule is NC(=O)C12CC3CN(Cc4cccc5ccccc45)C(C1)C3CN2. The van der Waals surface area contributed by atoms with E-state index in [-0.39, 0.29) is 5.91 Å². The summed E-state index contributed by atoms with van der Waals surface area (Å²) in [4.78, 5) is 14.6. The monoisotopic (exact) mass is 321 g/mol. The minimum atomic E-state index is -0.461. The third-order valence-corrected chi connectivity index (χ3v) is 6.61. The summed E-state index contributed by atoms with van der Waals surface area (Å²) in [5, 5.41) is 6.09. The van der Waals surface area contributed by atoms with Crippen LogP contribution in [0.4, 0.5) is 0 Å². The Hall–Kier alpha value is -1.91. The first-order valence-corrected chi connectivity index (χ1v) is 8.92. The van der Waals surface area contributed by atoms with E-state index in [0.717, 1.165) is 32.5 Å². The fourth-order valence-electron chi connectivity index (χ4n) is 5.42. The molecule has 4 atom stereocenters. The van der Waals surface area contributed by atoms with Gasteiger partial charge in [0.25, 0.3) is 0 Å². The van der Waals surface area contributed by atoms with E-state index in [1.54, 1.807) is 0 Å². The second-order valence-electron chi connectivity index (χ2n) is 7.79. The maximum Gasteiger partial charge on any atom is 0.237 e. The molecule has 4 unspecified atom stereocenters. The number of carbonyl (C=O) groups excluding carboxylic acids is 1. The summed E-state index contributed by atoms with van der Waals surface area (Å²) in [5.41, 5.74) is 6.67. The van der Waals surface area contributed by atoms with Crippen molar-refractivity contribution in [2.75, 3.05) is 13.1 Å². The number of rotatable bonds is 3. The number of piperidine rings is 2. The van der Waals surface area contributed by atoms with Gasteiger partial charge in [0.15, 0.2) is 0 Å². The Morgan fingerprint density at radius 2 is 2.04 bits per heavy atom. The van der Waals surface area contributed by atoms with Crippen LogP contribution in [0, 0.1) is 11.8 Å². The van der Waals surface area contributed by atoms with Gasteiger partial charge in [-0.15, -0.1) is 0 Å². The van der Waals surface area contributed by atoms with Crippen molar-refractivity contribution in [1.82, 2.24) is 10.2 Å². The Kier molecular flexibility index (Phi) is 3.03. The summed E-state index contributed by atoms with van der Waals surface area (Å²) in [6.07, 6.45) is 1.78. The number of fused-ring (bicyclic) bond motifs is 2. The molecule has 4 fully saturated rings. The Morgan fingerprint density at radius 1 is 1.21 bits per heavy atom. The van der Waals surface area contributed by atoms with E-state index in [1.165, 1.54) is 16.3 Å². The Bertz CT molecular complexity index is 814. The van der Waals surface area contributed by atoms with Crippen LogP contribution in [0.25, 0.3) is 10.8 Å². The molecule has 0 aromatic heterocycles. The van der Waals surface area contributed by atoms with Crippen molar-refractivity contribution in [2.45, 2.75) is 31.0 Å². The fourth-order valence-corrected chi connectivity index (χ4v) is 5.42. The van der Waals surface area contributed by atoms with Crippen LogP contribution in [-0.4, -0.2) is 35.5 Å². The highest BCUT2D eigenvalue weighted by Gasteiger charge is 2.58. The van der Waals surface area contributed by atoms with Crippen molar-refractivity contribution < 1.29 is 4.79 Å². The molecule has 24 heavy (non-hydrogen) atoms. The highest BCUT2D eigenvalue weighted by Crippen LogP contribution is 2.48. The molecule has 3 saturated heterocycles. The van der Waals surface area contributed by atoms with Gasteiger partial charge in [-0.1, -0.05) is 42.5 Å². The number of amides is 1. The number of likely N-dealkylation sites (tertiary alicyclic amines) is 1. The van der Waals surface area contributed by atoms with Crippen molar-refractivity contribution in [3.05, 3.63) is 48.0 Å². The largest absolute Gasteiger partial charge is 0.368 e. The van der Waals surface area contributed by atoms with Crippen LogP contribution >= 0.6 is 0 Å². The van der Waals surface area contributed by atoms with Crippen molar-refractivity contribution >= 4 is 16.7 Å². The summed E-state index contributed by atoms with van der Waals surface area (Å²) in [7, 11) is 0. The highest BCUT2D eigenvalue weighted by atomic mass is 16.1. The lowest BCUT2D eigenvalue weighted by Gasteiger charge is -2.49. The van der Waals surface area contributed by atoms with Crippen LogP contribution in [0.3, 0.4) is 0 Å². The van der Waals surface area contributed by atoms with Gasteiger partial charge in [0.2, 0.25) is 5.91 Å². The summed E-state index contributed by atoms with van der Waals surface area (Å²) in [6, 6.07) is 15.6. The van der Waals surface area contributed by atoms with E-state index < -0.39 is 5.54 Å². The summed E-state index contributed by atoms with van der Waals surface area (Å²) in [6.45, 7) is 2.99. The minimum Gasteiger partial charge on any atom is -0.368 e. The van der Waals surface area contributed by atoms with E-state index in [0.29, 0.717) is 17.9 Å². The Labute approximate surface area is 142 Å². The zero-order valence-corrected chi connectivity index (χ0v) is 13.7. The summed E-state index contributed by atoms with van der Waals surface area (Å²) in [5.74, 6) is 1.11. The van der Waals surface area contributed by atoms with Gasteiger partial charge in [0.1, 0.15) is 0 Å². The fraction of sp³-hybridized carbons (Fsp3) is 0.450. The van der Waals surface area contributed by atoms with Crippen LogP contribution in [0.5, 0.6) is 0 Å². The Morgan fingerprint density at radius 3 is 2.92 bits per heavy atom. The first-order valence-electron chi connectivity index (χ1n) is 8.92. The van der Waals surface area contributed by atoms with Crippen molar-refractivity contribution in [1.29, 1.82) is 0 Å². The molecule has 0 radical (unpaired) electrons. The predicted octanol–water partition coefficient (Wildman–Crippen LogP) is 1.88. The van der Waals surface area contributed by atoms with E-state index in [4.69, 9.17) is 5.73 Å². The standard InChI is InChI=1S/C20H23N3O/c21-19(24)20-8-15-12-23(18(9-20)17(15)10-22-20)11-14-6-3-5-13-4-1-2-7-16(13)14/h1-7,15,17-18,22H,8-12H2,(H2,21,24). The normalized spacial score (nSPS) is 34.8. The average Bonchev–Trinajstić information content (AvgIpc) is 2.86. The first kappa shape index (κ1) is 14.4. The quantitative estimate of drug-likeness (QED) is 0.907. The lowest BCUT2D eigenvalue weighted by molar-refractivity contribution is -0.129. The second kappa shape index (κ2) is 5.04. The van der Waals surface area contributed by atoms with Crippen LogP contribution < -0.4 is 11.1 Å². The molecular weight excluding hydrogens is 298 g/mol. The van der Waals surface area contributed by atoms with Gasteiger partial charge in [0.05, 0.1) is 5.54 Å². The third-order valence-electron chi connectivity index (χ3n) is 6.61. The van der Waals surface area contributed by atoms with Gasteiger partial charge in [0, 0.05) is 25.7 Å². The van der Waals surface area contributed by atoms with Crippen LogP contribution in [-0.2, 0) is 11.3 Å². The van der Waals surface area contributed by atoms with E-state index in [2.05, 4.69) is 52.7 Å². The molecule has 1 aliphatic carbocycles. The summed E-state index contributed by atoms with van der Waals surface area (Å²) >= 11 is 0. The lowest BCUT2D eigenvalue weighted by Crippen LogP contribution is -2.68. The average molecular weight is 321 g/mol. The minimum absolute atomic E-state index is 0.164. The molecular formula is C20H23N3O. The molecule has 1 saturated carbocycles. The molecule has 0 spiro atoms. The Balaban J connectivity index is 1.46. The van der Waals surface area contributed by atoms with Gasteiger partial charge >= 0.3 is 0 Å². The molecule has 3 heterocycles. The van der Waals surface area contributed by atoms with Crippen LogP contribution in [0.1, 0.15) is 18.4 Å². The molecule has 1 amide bonds. The first-order chi connectivity index (χ1) is 11.7. The zero-order valence-electron chi connectivity index (χ0n) is 13.7. The zero-order chi connectivity index (χ0) is 16.3. The van der Waals surface area contributed by atoms with Crippen LogP contribution in [0.2, 0.25) is 0 Å². The van der Waals surface area contributed by atoms with Gasteiger partial charge < -0.3 is 11.1 Å². The second-order valence-corrected chi connectivity index (χ2v) is 7.79. The molecule has 4 bridgehead atoms. The molecule has 4 aliphatic rings. The highest BCUT2D eigenvalue weighted by molar-refractivity contribution is 5.86. The van der Waals surface area contributed by atoms with Gasteiger partial charge in [-0.3, -0.25) is 9.69 Å².